The fraction of sp³-hybridized carbons (Fsp3) is 0.750. The summed E-state index contributed by atoms with van der Waals surface area (Å²) in [5.41, 5.74) is 0. The van der Waals surface area contributed by atoms with Gasteiger partial charge in [0.05, 0.1) is 18.9 Å². The van der Waals surface area contributed by atoms with Crippen molar-refractivity contribution in [1.29, 1.82) is 0 Å². The van der Waals surface area contributed by atoms with E-state index >= 15 is 0 Å². The van der Waals surface area contributed by atoms with E-state index in [0.717, 1.165) is 0 Å². The van der Waals surface area contributed by atoms with E-state index in [4.69, 9.17) is 5.11 Å². The minimum atomic E-state index is -0.907. The molecule has 0 heterocycles. The predicted octanol–water partition coefficient (Wildman–Crippen LogP) is 0.906. The van der Waals surface area contributed by atoms with Crippen LogP contribution in [0.15, 0.2) is 0 Å². The van der Waals surface area contributed by atoms with Crippen molar-refractivity contribution in [3.8, 4) is 0 Å². The molecule has 0 radical (unpaired) electrons. The first-order chi connectivity index (χ1) is 5.66. The highest BCUT2D eigenvalue weighted by molar-refractivity contribution is 5.86. The lowest BCUT2D eigenvalue weighted by atomic mass is 10.3. The number of carbonyl (C=O) groups is 2. The smallest absolute Gasteiger partial charge is 0.309 e. The van der Waals surface area contributed by atoms with Crippen molar-refractivity contribution in [2.75, 3.05) is 7.11 Å². The lowest BCUT2D eigenvalue weighted by molar-refractivity contribution is -0.146. The van der Waals surface area contributed by atoms with Crippen molar-refractivity contribution >= 4 is 11.9 Å². The quantitative estimate of drug-likeness (QED) is 0.632. The van der Waals surface area contributed by atoms with Gasteiger partial charge in [-0.15, -0.1) is 0 Å². The average molecular weight is 174 g/mol. The van der Waals surface area contributed by atoms with Crippen LogP contribution in [0.25, 0.3) is 0 Å². The van der Waals surface area contributed by atoms with Gasteiger partial charge in [0.1, 0.15) is 0 Å². The minimum Gasteiger partial charge on any atom is -0.481 e. The van der Waals surface area contributed by atoms with Gasteiger partial charge in [-0.05, 0) is 6.42 Å². The molecule has 0 aromatic carbocycles. The Morgan fingerprint density at radius 3 is 2.08 bits per heavy atom. The zero-order valence-electron chi connectivity index (χ0n) is 7.53. The monoisotopic (exact) mass is 174 g/mol. The number of carboxylic acids is 1. The Bertz CT molecular complexity index is 176. The van der Waals surface area contributed by atoms with Gasteiger partial charge in [0.15, 0.2) is 0 Å². The third-order valence-electron chi connectivity index (χ3n) is 1.61. The van der Waals surface area contributed by atoms with Gasteiger partial charge in [-0.25, -0.2) is 0 Å². The second kappa shape index (κ2) is 4.74. The molecule has 0 aromatic rings. The van der Waals surface area contributed by atoms with Gasteiger partial charge in [-0.2, -0.15) is 0 Å². The lowest BCUT2D eigenvalue weighted by Crippen LogP contribution is -2.08. The fourth-order valence-electron chi connectivity index (χ4n) is 0.880. The maximum absolute atomic E-state index is 10.6. The van der Waals surface area contributed by atoms with E-state index < -0.39 is 17.9 Å². The topological polar surface area (TPSA) is 63.6 Å². The molecular formula is C8H14O4. The van der Waals surface area contributed by atoms with Crippen LogP contribution in [0.2, 0.25) is 0 Å². The van der Waals surface area contributed by atoms with E-state index in [0.29, 0.717) is 6.42 Å². The van der Waals surface area contributed by atoms with Crippen LogP contribution < -0.4 is 0 Å². The van der Waals surface area contributed by atoms with E-state index in [1.165, 1.54) is 7.11 Å². The molecule has 1 fully saturated rings. The maximum Gasteiger partial charge on any atom is 0.309 e. The zero-order chi connectivity index (χ0) is 9.72. The number of carbonyl (C=O) groups excluding carboxylic acids is 1. The van der Waals surface area contributed by atoms with Crippen LogP contribution in [0.1, 0.15) is 20.3 Å². The maximum atomic E-state index is 10.6. The van der Waals surface area contributed by atoms with Gasteiger partial charge in [0.2, 0.25) is 0 Å². The molecule has 0 bridgehead atoms. The van der Waals surface area contributed by atoms with Crippen molar-refractivity contribution in [1.82, 2.24) is 0 Å². The van der Waals surface area contributed by atoms with E-state index in [1.54, 1.807) is 0 Å². The number of aliphatic carboxylic acids is 1. The summed E-state index contributed by atoms with van der Waals surface area (Å²) in [7, 11) is 1.26. The Hall–Kier alpha value is -1.06. The Kier molecular flexibility index (Phi) is 4.33. The van der Waals surface area contributed by atoms with Crippen molar-refractivity contribution in [2.45, 2.75) is 20.3 Å². The Morgan fingerprint density at radius 2 is 1.83 bits per heavy atom. The first-order valence-electron chi connectivity index (χ1n) is 3.97. The van der Waals surface area contributed by atoms with Crippen LogP contribution in [-0.4, -0.2) is 24.2 Å². The molecule has 1 aliphatic carbocycles. The first-order valence-corrected chi connectivity index (χ1v) is 3.97. The number of rotatable bonds is 2. The molecule has 0 saturated heterocycles. The zero-order valence-corrected chi connectivity index (χ0v) is 7.53. The third kappa shape index (κ3) is 2.53. The molecule has 70 valence electrons. The molecule has 0 spiro atoms. The van der Waals surface area contributed by atoms with E-state index in [9.17, 15) is 9.59 Å². The van der Waals surface area contributed by atoms with E-state index in [1.807, 2.05) is 13.8 Å². The summed E-state index contributed by atoms with van der Waals surface area (Å²) >= 11 is 0. The predicted molar refractivity (Wildman–Crippen MR) is 42.6 cm³/mol. The van der Waals surface area contributed by atoms with Gasteiger partial charge >= 0.3 is 11.9 Å². The van der Waals surface area contributed by atoms with Gasteiger partial charge in [-0.3, -0.25) is 9.59 Å². The van der Waals surface area contributed by atoms with E-state index in [2.05, 4.69) is 4.74 Å². The van der Waals surface area contributed by atoms with Crippen molar-refractivity contribution < 1.29 is 19.4 Å². The molecule has 0 amide bonds. The standard InChI is InChI=1S/C6H8O4.C2H6/c1-10-6(9)4-2-3(4)5(7)8;1-2/h3-4H,2H2,1H3,(H,7,8);1-2H3. The second-order valence-corrected chi connectivity index (χ2v) is 2.31. The summed E-state index contributed by atoms with van der Waals surface area (Å²) in [5.74, 6) is -2.20. The minimum absolute atomic E-state index is 0.387. The van der Waals surface area contributed by atoms with Gasteiger partial charge in [0, 0.05) is 0 Å². The largest absolute Gasteiger partial charge is 0.481 e. The number of hydrogen-bond acceptors (Lipinski definition) is 3. The summed E-state index contributed by atoms with van der Waals surface area (Å²) in [4.78, 5) is 20.8. The molecular weight excluding hydrogens is 160 g/mol. The summed E-state index contributed by atoms with van der Waals surface area (Å²) in [6.07, 6.45) is 0.433. The summed E-state index contributed by atoms with van der Waals surface area (Å²) in [5, 5.41) is 8.36. The lowest BCUT2D eigenvalue weighted by Gasteiger charge is -1.92. The van der Waals surface area contributed by atoms with E-state index in [-0.39, 0.29) is 5.92 Å². The number of methoxy groups -OCH3 is 1. The highest BCUT2D eigenvalue weighted by atomic mass is 16.5. The van der Waals surface area contributed by atoms with Gasteiger partial charge < -0.3 is 9.84 Å². The van der Waals surface area contributed by atoms with Crippen LogP contribution >= 0.6 is 0 Å². The van der Waals surface area contributed by atoms with Crippen LogP contribution in [0.3, 0.4) is 0 Å². The molecule has 12 heavy (non-hydrogen) atoms. The van der Waals surface area contributed by atoms with Crippen molar-refractivity contribution in [3.63, 3.8) is 0 Å². The SMILES string of the molecule is CC.COC(=O)C1CC1C(=O)O. The number of hydrogen-bond donors (Lipinski definition) is 1. The molecule has 1 rings (SSSR count). The molecule has 1 N–H and O–H groups in total. The molecule has 4 heteroatoms. The van der Waals surface area contributed by atoms with Crippen molar-refractivity contribution in [3.05, 3.63) is 0 Å². The molecule has 0 aromatic heterocycles. The Morgan fingerprint density at radius 1 is 1.33 bits per heavy atom. The van der Waals surface area contributed by atoms with Crippen molar-refractivity contribution in [2.24, 2.45) is 11.8 Å². The fourth-order valence-corrected chi connectivity index (χ4v) is 0.880. The number of ether oxygens (including phenoxy) is 1. The van der Waals surface area contributed by atoms with Gasteiger partial charge in [0.25, 0.3) is 0 Å². The number of esters is 1. The average Bonchev–Trinajstić information content (AvgIpc) is 2.86. The highest BCUT2D eigenvalue weighted by Gasteiger charge is 2.49. The van der Waals surface area contributed by atoms with Crippen LogP contribution in [-0.2, 0) is 14.3 Å². The molecule has 1 saturated carbocycles. The molecule has 2 unspecified atom stereocenters. The van der Waals surface area contributed by atoms with Crippen LogP contribution in [0.5, 0.6) is 0 Å². The Labute approximate surface area is 71.5 Å². The molecule has 4 nitrogen and oxygen atoms in total. The summed E-state index contributed by atoms with van der Waals surface area (Å²) in [6, 6.07) is 0. The molecule has 2 atom stereocenters. The molecule has 1 aliphatic rings. The van der Waals surface area contributed by atoms with Gasteiger partial charge in [-0.1, -0.05) is 13.8 Å². The normalized spacial score (nSPS) is 24.9. The van der Waals surface area contributed by atoms with Crippen LogP contribution in [0, 0.1) is 11.8 Å². The third-order valence-corrected chi connectivity index (χ3v) is 1.61. The Balaban J connectivity index is 0.000000561. The summed E-state index contributed by atoms with van der Waals surface area (Å²) in [6.45, 7) is 4.00. The number of carboxylic acid groups (broad SMARTS) is 1. The first kappa shape index (κ1) is 10.9. The summed E-state index contributed by atoms with van der Waals surface area (Å²) < 4.78 is 4.35. The second-order valence-electron chi connectivity index (χ2n) is 2.31. The molecule has 0 aliphatic heterocycles. The van der Waals surface area contributed by atoms with Crippen LogP contribution in [0.4, 0.5) is 0 Å². The highest BCUT2D eigenvalue weighted by Crippen LogP contribution is 2.39.